The summed E-state index contributed by atoms with van der Waals surface area (Å²) in [5.41, 5.74) is 1.05. The number of hydrogen-bond acceptors (Lipinski definition) is 1. The fourth-order valence-electron chi connectivity index (χ4n) is 1.85. The lowest BCUT2D eigenvalue weighted by atomic mass is 10.1. The first-order valence-electron chi connectivity index (χ1n) is 5.30. The van der Waals surface area contributed by atoms with Crippen LogP contribution < -0.4 is 0 Å². The highest BCUT2D eigenvalue weighted by Crippen LogP contribution is 2.32. The third kappa shape index (κ3) is 2.66. The molecule has 0 amide bonds. The molecule has 0 aliphatic carbocycles. The summed E-state index contributed by atoms with van der Waals surface area (Å²) in [5.74, 6) is 0. The molecule has 1 aliphatic rings. The van der Waals surface area contributed by atoms with Crippen LogP contribution in [0, 0.1) is 0 Å². The molecule has 1 saturated heterocycles. The summed E-state index contributed by atoms with van der Waals surface area (Å²) >= 11 is 12.2. The zero-order chi connectivity index (χ0) is 10.8. The van der Waals surface area contributed by atoms with E-state index >= 15 is 0 Å². The van der Waals surface area contributed by atoms with Crippen molar-refractivity contribution in [2.24, 2.45) is 0 Å². The van der Waals surface area contributed by atoms with Gasteiger partial charge in [0.1, 0.15) is 0 Å². The topological polar surface area (TPSA) is 12.5 Å². The van der Waals surface area contributed by atoms with E-state index in [2.05, 4.69) is 6.92 Å². The van der Waals surface area contributed by atoms with Crippen LogP contribution in [0.15, 0.2) is 18.2 Å². The lowest BCUT2D eigenvalue weighted by Gasteiger charge is -2.05. The highest BCUT2D eigenvalue weighted by Gasteiger charge is 2.36. The van der Waals surface area contributed by atoms with Crippen LogP contribution in [0.3, 0.4) is 0 Å². The molecule has 1 fully saturated rings. The Bertz CT molecular complexity index is 331. The lowest BCUT2D eigenvalue weighted by molar-refractivity contribution is 0.360. The predicted molar refractivity (Wildman–Crippen MR) is 63.7 cm³/mol. The van der Waals surface area contributed by atoms with E-state index in [1.807, 2.05) is 18.2 Å². The molecule has 0 aromatic heterocycles. The van der Waals surface area contributed by atoms with Gasteiger partial charge in [0.05, 0.1) is 12.2 Å². The summed E-state index contributed by atoms with van der Waals surface area (Å²) in [6.45, 7) is 2.15. The third-order valence-corrected chi connectivity index (χ3v) is 3.54. The van der Waals surface area contributed by atoms with Crippen molar-refractivity contribution in [1.29, 1.82) is 0 Å². The van der Waals surface area contributed by atoms with Crippen molar-refractivity contribution >= 4 is 23.2 Å². The maximum atomic E-state index is 6.08. The van der Waals surface area contributed by atoms with Gasteiger partial charge in [-0.1, -0.05) is 36.2 Å². The first-order valence-corrected chi connectivity index (χ1v) is 6.06. The number of halogens is 2. The molecular formula is C12H14Cl2O. The lowest BCUT2D eigenvalue weighted by Crippen LogP contribution is -1.96. The Morgan fingerprint density at radius 2 is 1.87 bits per heavy atom. The standard InChI is InChI=1S/C12H14Cl2O/c1-2-11-12(15-11)7-6-8-9(13)4-3-5-10(8)14/h3-5,11-12H,2,6-7H2,1H3. The van der Waals surface area contributed by atoms with E-state index in [1.54, 1.807) is 0 Å². The van der Waals surface area contributed by atoms with E-state index in [0.29, 0.717) is 12.2 Å². The van der Waals surface area contributed by atoms with Crippen molar-refractivity contribution in [1.82, 2.24) is 0 Å². The molecule has 1 nitrogen and oxygen atoms in total. The smallest absolute Gasteiger partial charge is 0.0845 e. The number of benzene rings is 1. The summed E-state index contributed by atoms with van der Waals surface area (Å²) < 4.78 is 5.48. The number of hydrogen-bond donors (Lipinski definition) is 0. The minimum Gasteiger partial charge on any atom is -0.370 e. The monoisotopic (exact) mass is 244 g/mol. The van der Waals surface area contributed by atoms with Gasteiger partial charge < -0.3 is 4.74 Å². The minimum atomic E-state index is 0.419. The van der Waals surface area contributed by atoms with Crippen molar-refractivity contribution in [3.8, 4) is 0 Å². The minimum absolute atomic E-state index is 0.419. The maximum Gasteiger partial charge on any atom is 0.0845 e. The molecule has 0 radical (unpaired) electrons. The van der Waals surface area contributed by atoms with E-state index in [-0.39, 0.29) is 0 Å². The van der Waals surface area contributed by atoms with Gasteiger partial charge in [-0.25, -0.2) is 0 Å². The number of epoxide rings is 1. The van der Waals surface area contributed by atoms with Crippen LogP contribution in [-0.4, -0.2) is 12.2 Å². The van der Waals surface area contributed by atoms with E-state index < -0.39 is 0 Å². The van der Waals surface area contributed by atoms with Crippen molar-refractivity contribution in [3.63, 3.8) is 0 Å². The van der Waals surface area contributed by atoms with Crippen LogP contribution >= 0.6 is 23.2 Å². The second-order valence-electron chi connectivity index (χ2n) is 3.86. The molecule has 1 aromatic carbocycles. The largest absolute Gasteiger partial charge is 0.370 e. The normalized spacial score (nSPS) is 24.2. The van der Waals surface area contributed by atoms with Crippen LogP contribution in [0.1, 0.15) is 25.3 Å². The molecule has 82 valence electrons. The van der Waals surface area contributed by atoms with Gasteiger partial charge in [-0.15, -0.1) is 0 Å². The zero-order valence-corrected chi connectivity index (χ0v) is 10.2. The van der Waals surface area contributed by atoms with Crippen molar-refractivity contribution in [3.05, 3.63) is 33.8 Å². The van der Waals surface area contributed by atoms with Crippen molar-refractivity contribution in [2.45, 2.75) is 38.4 Å². The predicted octanol–water partition coefficient (Wildman–Crippen LogP) is 4.10. The van der Waals surface area contributed by atoms with Gasteiger partial charge in [0.2, 0.25) is 0 Å². The van der Waals surface area contributed by atoms with Crippen LogP contribution in [0.25, 0.3) is 0 Å². The molecule has 0 N–H and O–H groups in total. The Labute approximate surface area is 100 Å². The van der Waals surface area contributed by atoms with Gasteiger partial charge in [-0.2, -0.15) is 0 Å². The number of ether oxygens (including phenoxy) is 1. The highest BCUT2D eigenvalue weighted by atomic mass is 35.5. The summed E-state index contributed by atoms with van der Waals surface area (Å²) in [6.07, 6.45) is 3.90. The van der Waals surface area contributed by atoms with E-state index in [4.69, 9.17) is 27.9 Å². The fourth-order valence-corrected chi connectivity index (χ4v) is 2.44. The third-order valence-electron chi connectivity index (χ3n) is 2.83. The molecule has 1 aliphatic heterocycles. The van der Waals surface area contributed by atoms with Gasteiger partial charge in [0, 0.05) is 10.0 Å². The molecule has 3 heteroatoms. The maximum absolute atomic E-state index is 6.08. The van der Waals surface area contributed by atoms with E-state index in [1.165, 1.54) is 0 Å². The second-order valence-corrected chi connectivity index (χ2v) is 4.67. The molecule has 0 spiro atoms. The van der Waals surface area contributed by atoms with Crippen LogP contribution in [-0.2, 0) is 11.2 Å². The van der Waals surface area contributed by atoms with Crippen LogP contribution in [0.2, 0.25) is 10.0 Å². The molecule has 0 saturated carbocycles. The van der Waals surface area contributed by atoms with E-state index in [0.717, 1.165) is 34.9 Å². The SMILES string of the molecule is CCC1OC1CCc1c(Cl)cccc1Cl. The Morgan fingerprint density at radius 3 is 2.40 bits per heavy atom. The zero-order valence-electron chi connectivity index (χ0n) is 8.67. The summed E-state index contributed by atoms with van der Waals surface area (Å²) in [4.78, 5) is 0. The summed E-state index contributed by atoms with van der Waals surface area (Å²) in [7, 11) is 0. The van der Waals surface area contributed by atoms with Gasteiger partial charge >= 0.3 is 0 Å². The first-order chi connectivity index (χ1) is 7.22. The first kappa shape index (κ1) is 11.3. The second kappa shape index (κ2) is 4.73. The quantitative estimate of drug-likeness (QED) is 0.727. The summed E-state index contributed by atoms with van der Waals surface area (Å²) in [6, 6.07) is 5.64. The van der Waals surface area contributed by atoms with Gasteiger partial charge in [-0.3, -0.25) is 0 Å². The molecular weight excluding hydrogens is 231 g/mol. The molecule has 1 heterocycles. The Morgan fingerprint density at radius 1 is 1.20 bits per heavy atom. The molecule has 0 bridgehead atoms. The molecule has 2 atom stereocenters. The fraction of sp³-hybridized carbons (Fsp3) is 0.500. The molecule has 2 unspecified atom stereocenters. The van der Waals surface area contributed by atoms with Crippen molar-refractivity contribution in [2.75, 3.05) is 0 Å². The average Bonchev–Trinajstić information content (AvgIpc) is 2.96. The Balaban J connectivity index is 1.94. The number of rotatable bonds is 4. The Kier molecular flexibility index (Phi) is 3.55. The molecule has 1 aromatic rings. The van der Waals surface area contributed by atoms with Gasteiger partial charge in [0.15, 0.2) is 0 Å². The average molecular weight is 245 g/mol. The van der Waals surface area contributed by atoms with Gasteiger partial charge in [0.25, 0.3) is 0 Å². The van der Waals surface area contributed by atoms with Crippen molar-refractivity contribution < 1.29 is 4.74 Å². The molecule has 2 rings (SSSR count). The van der Waals surface area contributed by atoms with Crippen LogP contribution in [0.5, 0.6) is 0 Å². The molecule has 15 heavy (non-hydrogen) atoms. The van der Waals surface area contributed by atoms with E-state index in [9.17, 15) is 0 Å². The van der Waals surface area contributed by atoms with Gasteiger partial charge in [-0.05, 0) is 37.0 Å². The highest BCUT2D eigenvalue weighted by molar-refractivity contribution is 6.35. The van der Waals surface area contributed by atoms with Crippen LogP contribution in [0.4, 0.5) is 0 Å². The Hall–Kier alpha value is -0.240. The summed E-state index contributed by atoms with van der Waals surface area (Å²) in [5, 5.41) is 1.52.